The summed E-state index contributed by atoms with van der Waals surface area (Å²) in [5.74, 6) is 2.16. The lowest BCUT2D eigenvalue weighted by Crippen LogP contribution is -2.33. The molecule has 1 fully saturated rings. The van der Waals surface area contributed by atoms with E-state index in [1.54, 1.807) is 12.4 Å². The third-order valence-corrected chi connectivity index (χ3v) is 5.65. The van der Waals surface area contributed by atoms with Gasteiger partial charge in [0.2, 0.25) is 5.91 Å². The molecule has 0 radical (unpaired) electrons. The third-order valence-electron chi connectivity index (χ3n) is 3.50. The van der Waals surface area contributed by atoms with Gasteiger partial charge in [0.1, 0.15) is 10.8 Å². The summed E-state index contributed by atoms with van der Waals surface area (Å²) in [7, 11) is 0. The van der Waals surface area contributed by atoms with Crippen LogP contribution in [0.3, 0.4) is 0 Å². The zero-order valence-corrected chi connectivity index (χ0v) is 15.6. The van der Waals surface area contributed by atoms with Gasteiger partial charge in [-0.3, -0.25) is 4.79 Å². The van der Waals surface area contributed by atoms with Gasteiger partial charge in [-0.1, -0.05) is 23.4 Å². The molecular formula is C16H16ClFN4OS2. The van der Waals surface area contributed by atoms with Crippen molar-refractivity contribution in [3.8, 4) is 0 Å². The number of halogens is 2. The van der Waals surface area contributed by atoms with Crippen molar-refractivity contribution in [2.24, 2.45) is 0 Å². The Labute approximate surface area is 158 Å². The average molecular weight is 399 g/mol. The van der Waals surface area contributed by atoms with Crippen LogP contribution in [-0.2, 0) is 4.79 Å². The molecular weight excluding hydrogens is 383 g/mol. The van der Waals surface area contributed by atoms with Gasteiger partial charge in [-0.2, -0.15) is 11.8 Å². The van der Waals surface area contributed by atoms with Gasteiger partial charge in [0.05, 0.1) is 11.4 Å². The van der Waals surface area contributed by atoms with Crippen LogP contribution in [0.25, 0.3) is 0 Å². The van der Waals surface area contributed by atoms with Gasteiger partial charge in [-0.25, -0.2) is 14.4 Å². The summed E-state index contributed by atoms with van der Waals surface area (Å²) in [5, 5.41) is 3.54. The highest BCUT2D eigenvalue weighted by Gasteiger charge is 2.18. The van der Waals surface area contributed by atoms with Crippen LogP contribution in [0.2, 0.25) is 5.02 Å². The molecule has 0 atom stereocenters. The minimum atomic E-state index is -0.558. The molecule has 25 heavy (non-hydrogen) atoms. The van der Waals surface area contributed by atoms with Crippen molar-refractivity contribution in [3.05, 3.63) is 41.4 Å². The summed E-state index contributed by atoms with van der Waals surface area (Å²) in [6.07, 6.45) is 3.27. The maximum absolute atomic E-state index is 13.7. The smallest absolute Gasteiger partial charge is 0.234 e. The molecule has 0 spiro atoms. The van der Waals surface area contributed by atoms with E-state index in [1.165, 1.54) is 30.0 Å². The normalized spacial score (nSPS) is 14.4. The first kappa shape index (κ1) is 18.3. The minimum absolute atomic E-state index is 0.113. The number of amides is 1. The predicted molar refractivity (Wildman–Crippen MR) is 102 cm³/mol. The van der Waals surface area contributed by atoms with Crippen LogP contribution in [-0.4, -0.2) is 46.2 Å². The topological polar surface area (TPSA) is 58.1 Å². The van der Waals surface area contributed by atoms with Gasteiger partial charge < -0.3 is 10.2 Å². The number of nitrogens with one attached hydrogen (secondary N) is 1. The van der Waals surface area contributed by atoms with E-state index in [0.29, 0.717) is 5.03 Å². The average Bonchev–Trinajstić information content (AvgIpc) is 2.63. The Morgan fingerprint density at radius 3 is 2.84 bits per heavy atom. The molecule has 9 heteroatoms. The van der Waals surface area contributed by atoms with Gasteiger partial charge in [-0.05, 0) is 18.2 Å². The van der Waals surface area contributed by atoms with Crippen molar-refractivity contribution in [1.82, 2.24) is 9.97 Å². The van der Waals surface area contributed by atoms with E-state index in [1.807, 2.05) is 11.8 Å². The van der Waals surface area contributed by atoms with Crippen molar-refractivity contribution in [2.45, 2.75) is 5.03 Å². The molecule has 0 bridgehead atoms. The fourth-order valence-electron chi connectivity index (χ4n) is 2.32. The lowest BCUT2D eigenvalue weighted by molar-refractivity contribution is -0.113. The Kier molecular flexibility index (Phi) is 6.39. The van der Waals surface area contributed by atoms with Gasteiger partial charge in [0, 0.05) is 42.0 Å². The number of nitrogens with zero attached hydrogens (tertiary/aromatic N) is 3. The first-order valence-electron chi connectivity index (χ1n) is 7.65. The molecule has 1 aromatic carbocycles. The Balaban J connectivity index is 1.62. The van der Waals surface area contributed by atoms with E-state index in [9.17, 15) is 9.18 Å². The second-order valence-electron chi connectivity index (χ2n) is 5.25. The van der Waals surface area contributed by atoms with Crippen LogP contribution < -0.4 is 10.2 Å². The standard InChI is InChI=1S/C16H16ClFN4OS2/c17-11-1-2-13(12(18)9-11)21-14(23)10-25-16-15(19-3-4-20-16)22-5-7-24-8-6-22/h1-4,9H,5-8,10H2,(H,21,23). The first-order chi connectivity index (χ1) is 12.1. The Hall–Kier alpha value is -1.51. The number of rotatable bonds is 5. The number of carbonyl (C=O) groups excluding carboxylic acids is 1. The predicted octanol–water partition coefficient (Wildman–Crippen LogP) is 3.55. The number of benzene rings is 1. The van der Waals surface area contributed by atoms with Crippen LogP contribution in [0.15, 0.2) is 35.6 Å². The van der Waals surface area contributed by atoms with Crippen LogP contribution in [0.1, 0.15) is 0 Å². The summed E-state index contributed by atoms with van der Waals surface area (Å²) in [5.41, 5.74) is 0.113. The SMILES string of the molecule is O=C(CSc1nccnc1N1CCSCC1)Nc1ccc(Cl)cc1F. The Bertz CT molecular complexity index is 759. The molecule has 1 N–H and O–H groups in total. The van der Waals surface area contributed by atoms with Gasteiger partial charge >= 0.3 is 0 Å². The third kappa shape index (κ3) is 4.99. The zero-order chi connectivity index (χ0) is 17.6. The summed E-state index contributed by atoms with van der Waals surface area (Å²) in [6.45, 7) is 1.83. The summed E-state index contributed by atoms with van der Waals surface area (Å²) in [6, 6.07) is 4.14. The molecule has 1 aromatic heterocycles. The number of aromatic nitrogens is 2. The van der Waals surface area contributed by atoms with Crippen molar-refractivity contribution in [1.29, 1.82) is 0 Å². The monoisotopic (exact) mass is 398 g/mol. The molecule has 0 aliphatic carbocycles. The van der Waals surface area contributed by atoms with E-state index in [0.717, 1.165) is 30.4 Å². The molecule has 3 rings (SSSR count). The number of thioether (sulfide) groups is 2. The zero-order valence-electron chi connectivity index (χ0n) is 13.2. The molecule has 2 aromatic rings. The lowest BCUT2D eigenvalue weighted by Gasteiger charge is -2.28. The van der Waals surface area contributed by atoms with Crippen molar-refractivity contribution < 1.29 is 9.18 Å². The van der Waals surface area contributed by atoms with Gasteiger partial charge in [0.15, 0.2) is 5.82 Å². The van der Waals surface area contributed by atoms with Gasteiger partial charge in [0.25, 0.3) is 0 Å². The second kappa shape index (κ2) is 8.73. The highest BCUT2D eigenvalue weighted by atomic mass is 35.5. The molecule has 0 saturated carbocycles. The molecule has 1 aliphatic heterocycles. The highest BCUT2D eigenvalue weighted by Crippen LogP contribution is 2.28. The van der Waals surface area contributed by atoms with Crippen LogP contribution >= 0.6 is 35.1 Å². The van der Waals surface area contributed by atoms with Crippen molar-refractivity contribution >= 4 is 52.5 Å². The lowest BCUT2D eigenvalue weighted by atomic mass is 10.3. The van der Waals surface area contributed by atoms with Crippen molar-refractivity contribution in [2.75, 3.05) is 40.6 Å². The van der Waals surface area contributed by atoms with E-state index < -0.39 is 5.82 Å². The fraction of sp³-hybridized carbons (Fsp3) is 0.312. The highest BCUT2D eigenvalue weighted by molar-refractivity contribution is 8.00. The quantitative estimate of drug-likeness (QED) is 0.777. The molecule has 132 valence electrons. The maximum atomic E-state index is 13.7. The molecule has 5 nitrogen and oxygen atoms in total. The summed E-state index contributed by atoms with van der Waals surface area (Å²) >= 11 is 8.92. The minimum Gasteiger partial charge on any atom is -0.353 e. The fourth-order valence-corrected chi connectivity index (χ4v) is 4.17. The number of hydrogen-bond donors (Lipinski definition) is 1. The summed E-state index contributed by atoms with van der Waals surface area (Å²) in [4.78, 5) is 23.1. The van der Waals surface area contributed by atoms with E-state index in [4.69, 9.17) is 11.6 Å². The number of hydrogen-bond acceptors (Lipinski definition) is 6. The van der Waals surface area contributed by atoms with Crippen molar-refractivity contribution in [3.63, 3.8) is 0 Å². The van der Waals surface area contributed by atoms with Gasteiger partial charge in [-0.15, -0.1) is 0 Å². The summed E-state index contributed by atoms with van der Waals surface area (Å²) < 4.78 is 13.7. The molecule has 1 amide bonds. The van der Waals surface area contributed by atoms with E-state index >= 15 is 0 Å². The largest absolute Gasteiger partial charge is 0.353 e. The van der Waals surface area contributed by atoms with Crippen LogP contribution in [0.5, 0.6) is 0 Å². The molecule has 2 heterocycles. The van der Waals surface area contributed by atoms with Crippen LogP contribution in [0, 0.1) is 5.82 Å². The molecule has 1 saturated heterocycles. The van der Waals surface area contributed by atoms with Crippen LogP contribution in [0.4, 0.5) is 15.9 Å². The maximum Gasteiger partial charge on any atom is 0.234 e. The molecule has 0 unspecified atom stereocenters. The number of carbonyl (C=O) groups is 1. The first-order valence-corrected chi connectivity index (χ1v) is 10.2. The molecule has 1 aliphatic rings. The number of anilines is 2. The Morgan fingerprint density at radius 2 is 2.08 bits per heavy atom. The second-order valence-corrected chi connectivity index (χ2v) is 7.87. The van der Waals surface area contributed by atoms with E-state index in [-0.39, 0.29) is 22.4 Å². The van der Waals surface area contributed by atoms with E-state index in [2.05, 4.69) is 20.2 Å². The Morgan fingerprint density at radius 1 is 1.32 bits per heavy atom.